The number of likely N-dealkylation sites (N-methyl/N-ethyl adjacent to an activating group) is 1. The number of rotatable bonds is 7. The molecule has 4 nitrogen and oxygen atoms in total. The largest absolute Gasteiger partial charge is 0.349 e. The molecule has 0 aliphatic rings. The molecule has 0 aliphatic heterocycles. The van der Waals surface area contributed by atoms with Crippen LogP contribution in [-0.4, -0.2) is 36.4 Å². The molecule has 1 N–H and O–H groups in total. The lowest BCUT2D eigenvalue weighted by molar-refractivity contribution is 0.0945. The zero-order valence-electron chi connectivity index (χ0n) is 16.1. The van der Waals surface area contributed by atoms with Crippen LogP contribution >= 0.6 is 11.3 Å². The van der Waals surface area contributed by atoms with E-state index in [4.69, 9.17) is 0 Å². The van der Waals surface area contributed by atoms with Crippen molar-refractivity contribution in [3.63, 3.8) is 0 Å². The second-order valence-electron chi connectivity index (χ2n) is 6.91. The standard InChI is InChI=1S/C20H29N3OS/c1-7-15-8-10-16(11-9-15)17(23(5)6)12-21-19(24)18-14(4)22-20(25-18)13(2)3/h8-11,13,17H,7,12H2,1-6H3,(H,21,24). The highest BCUT2D eigenvalue weighted by molar-refractivity contribution is 7.13. The average Bonchev–Trinajstić information content (AvgIpc) is 2.97. The van der Waals surface area contributed by atoms with Crippen molar-refractivity contribution in [2.45, 2.75) is 46.1 Å². The van der Waals surface area contributed by atoms with Crippen LogP contribution in [0.4, 0.5) is 0 Å². The van der Waals surface area contributed by atoms with E-state index in [1.807, 2.05) is 21.0 Å². The van der Waals surface area contributed by atoms with Crippen molar-refractivity contribution in [2.75, 3.05) is 20.6 Å². The van der Waals surface area contributed by atoms with Gasteiger partial charge in [-0.05, 0) is 38.6 Å². The molecule has 1 atom stereocenters. The SMILES string of the molecule is CCc1ccc(C(CNC(=O)c2sc(C(C)C)nc2C)N(C)C)cc1. The van der Waals surface area contributed by atoms with Gasteiger partial charge in [0.1, 0.15) is 4.88 Å². The molecule has 0 radical (unpaired) electrons. The molecule has 25 heavy (non-hydrogen) atoms. The third kappa shape index (κ3) is 4.89. The van der Waals surface area contributed by atoms with E-state index in [2.05, 4.69) is 60.2 Å². The molecule has 0 aliphatic carbocycles. The summed E-state index contributed by atoms with van der Waals surface area (Å²) < 4.78 is 0. The van der Waals surface area contributed by atoms with Gasteiger partial charge in [-0.25, -0.2) is 4.98 Å². The summed E-state index contributed by atoms with van der Waals surface area (Å²) in [7, 11) is 4.08. The van der Waals surface area contributed by atoms with Crippen LogP contribution in [0.5, 0.6) is 0 Å². The highest BCUT2D eigenvalue weighted by Gasteiger charge is 2.19. The molecule has 0 bridgehead atoms. The Morgan fingerprint density at radius 2 is 1.88 bits per heavy atom. The second kappa shape index (κ2) is 8.59. The van der Waals surface area contributed by atoms with Crippen LogP contribution in [0.2, 0.25) is 0 Å². The minimum atomic E-state index is -0.0288. The number of amides is 1. The fraction of sp³-hybridized carbons (Fsp3) is 0.500. The summed E-state index contributed by atoms with van der Waals surface area (Å²) in [4.78, 5) is 20.0. The average molecular weight is 360 g/mol. The van der Waals surface area contributed by atoms with E-state index in [-0.39, 0.29) is 11.9 Å². The van der Waals surface area contributed by atoms with Gasteiger partial charge < -0.3 is 10.2 Å². The van der Waals surface area contributed by atoms with Crippen LogP contribution in [0.3, 0.4) is 0 Å². The van der Waals surface area contributed by atoms with Gasteiger partial charge in [-0.15, -0.1) is 11.3 Å². The van der Waals surface area contributed by atoms with E-state index < -0.39 is 0 Å². The molecule has 0 fully saturated rings. The zero-order chi connectivity index (χ0) is 18.6. The van der Waals surface area contributed by atoms with Crippen molar-refractivity contribution >= 4 is 17.2 Å². The quantitative estimate of drug-likeness (QED) is 0.807. The first-order chi connectivity index (χ1) is 11.8. The van der Waals surface area contributed by atoms with Gasteiger partial charge in [-0.3, -0.25) is 4.79 Å². The van der Waals surface area contributed by atoms with Crippen molar-refractivity contribution in [1.82, 2.24) is 15.2 Å². The summed E-state index contributed by atoms with van der Waals surface area (Å²) in [6.45, 7) is 8.83. The van der Waals surface area contributed by atoms with Gasteiger partial charge in [-0.1, -0.05) is 45.0 Å². The van der Waals surface area contributed by atoms with Gasteiger partial charge >= 0.3 is 0 Å². The van der Waals surface area contributed by atoms with Crippen molar-refractivity contribution in [1.29, 1.82) is 0 Å². The molecular formula is C20H29N3OS. The number of benzene rings is 1. The molecule has 0 saturated heterocycles. The Morgan fingerprint density at radius 3 is 2.36 bits per heavy atom. The number of aryl methyl sites for hydroxylation is 2. The number of carbonyl (C=O) groups excluding carboxylic acids is 1. The molecule has 5 heteroatoms. The summed E-state index contributed by atoms with van der Waals surface area (Å²) in [5.41, 5.74) is 3.36. The van der Waals surface area contributed by atoms with E-state index in [0.29, 0.717) is 12.5 Å². The van der Waals surface area contributed by atoms with E-state index in [1.165, 1.54) is 22.5 Å². The van der Waals surface area contributed by atoms with Gasteiger partial charge in [0.15, 0.2) is 0 Å². The van der Waals surface area contributed by atoms with Crippen LogP contribution in [-0.2, 0) is 6.42 Å². The van der Waals surface area contributed by atoms with Gasteiger partial charge in [0.05, 0.1) is 16.7 Å². The molecule has 2 rings (SSSR count). The van der Waals surface area contributed by atoms with E-state index >= 15 is 0 Å². The van der Waals surface area contributed by atoms with Gasteiger partial charge in [0.25, 0.3) is 5.91 Å². The van der Waals surface area contributed by atoms with Crippen molar-refractivity contribution < 1.29 is 4.79 Å². The lowest BCUT2D eigenvalue weighted by Gasteiger charge is -2.25. The number of nitrogens with zero attached hydrogens (tertiary/aromatic N) is 2. The third-order valence-electron chi connectivity index (χ3n) is 4.37. The topological polar surface area (TPSA) is 45.2 Å². The number of hydrogen-bond acceptors (Lipinski definition) is 4. The van der Waals surface area contributed by atoms with Crippen LogP contribution in [0.1, 0.15) is 64.2 Å². The summed E-state index contributed by atoms with van der Waals surface area (Å²) in [6.07, 6.45) is 1.03. The highest BCUT2D eigenvalue weighted by Crippen LogP contribution is 2.25. The molecule has 1 unspecified atom stereocenters. The summed E-state index contributed by atoms with van der Waals surface area (Å²) in [5.74, 6) is 0.316. The number of hydrogen-bond donors (Lipinski definition) is 1. The molecule has 1 amide bonds. The molecule has 0 spiro atoms. The van der Waals surface area contributed by atoms with Crippen LogP contribution in [0.25, 0.3) is 0 Å². The van der Waals surface area contributed by atoms with Crippen LogP contribution in [0.15, 0.2) is 24.3 Å². The first-order valence-electron chi connectivity index (χ1n) is 8.84. The second-order valence-corrected chi connectivity index (χ2v) is 7.94. The van der Waals surface area contributed by atoms with Gasteiger partial charge in [-0.2, -0.15) is 0 Å². The van der Waals surface area contributed by atoms with Crippen LogP contribution in [0, 0.1) is 6.92 Å². The Morgan fingerprint density at radius 1 is 1.24 bits per heavy atom. The van der Waals surface area contributed by atoms with Crippen molar-refractivity contribution in [2.24, 2.45) is 0 Å². The van der Waals surface area contributed by atoms with Crippen molar-refractivity contribution in [3.05, 3.63) is 51.0 Å². The minimum absolute atomic E-state index is 0.0288. The Labute approximate surface area is 155 Å². The Hall–Kier alpha value is -1.72. The van der Waals surface area contributed by atoms with Crippen LogP contribution < -0.4 is 5.32 Å². The molecule has 1 heterocycles. The number of thiazole rings is 1. The summed E-state index contributed by atoms with van der Waals surface area (Å²) in [5, 5.41) is 4.11. The van der Waals surface area contributed by atoms with Gasteiger partial charge in [0.2, 0.25) is 0 Å². The molecule has 0 saturated carbocycles. The summed E-state index contributed by atoms with van der Waals surface area (Å²) >= 11 is 1.50. The maximum Gasteiger partial charge on any atom is 0.263 e. The lowest BCUT2D eigenvalue weighted by atomic mass is 10.0. The smallest absolute Gasteiger partial charge is 0.263 e. The summed E-state index contributed by atoms with van der Waals surface area (Å²) in [6, 6.07) is 8.79. The zero-order valence-corrected chi connectivity index (χ0v) is 16.9. The van der Waals surface area contributed by atoms with E-state index in [1.54, 1.807) is 0 Å². The maximum absolute atomic E-state index is 12.6. The lowest BCUT2D eigenvalue weighted by Crippen LogP contribution is -2.34. The van der Waals surface area contributed by atoms with E-state index in [9.17, 15) is 4.79 Å². The van der Waals surface area contributed by atoms with E-state index in [0.717, 1.165) is 22.0 Å². The Kier molecular flexibility index (Phi) is 6.73. The monoisotopic (exact) mass is 359 g/mol. The van der Waals surface area contributed by atoms with Crippen molar-refractivity contribution in [3.8, 4) is 0 Å². The first-order valence-corrected chi connectivity index (χ1v) is 9.65. The molecule has 1 aromatic carbocycles. The fourth-order valence-electron chi connectivity index (χ4n) is 2.72. The molecular weight excluding hydrogens is 330 g/mol. The number of carbonyl (C=O) groups is 1. The van der Waals surface area contributed by atoms with Gasteiger partial charge in [0, 0.05) is 12.5 Å². The molecule has 2 aromatic rings. The molecule has 1 aromatic heterocycles. The predicted molar refractivity (Wildman–Crippen MR) is 106 cm³/mol. The molecule has 136 valence electrons. The fourth-order valence-corrected chi connectivity index (χ4v) is 3.70. The maximum atomic E-state index is 12.6. The third-order valence-corrected chi connectivity index (χ3v) is 5.82. The predicted octanol–water partition coefficient (Wildman–Crippen LogP) is 4.17. The minimum Gasteiger partial charge on any atom is -0.349 e. The normalized spacial score (nSPS) is 12.6. The Bertz CT molecular complexity index is 704. The Balaban J connectivity index is 2.09. The first kappa shape index (κ1) is 19.6. The number of nitrogens with one attached hydrogen (secondary N) is 1. The number of aromatic nitrogens is 1. The highest BCUT2D eigenvalue weighted by atomic mass is 32.1.